The van der Waals surface area contributed by atoms with Crippen molar-refractivity contribution in [1.82, 2.24) is 15.0 Å². The molecule has 6 nitrogen and oxygen atoms in total. The van der Waals surface area contributed by atoms with E-state index in [-0.39, 0.29) is 11.8 Å². The fraction of sp³-hybridized carbons (Fsp3) is 0.125. The first-order valence-corrected chi connectivity index (χ1v) is 9.60. The zero-order chi connectivity index (χ0) is 20.9. The Balaban J connectivity index is 1.51. The summed E-state index contributed by atoms with van der Waals surface area (Å²) in [6.45, 7) is 2.08. The third-order valence-electron chi connectivity index (χ3n) is 4.88. The van der Waals surface area contributed by atoms with Crippen LogP contribution in [0, 0.1) is 0 Å². The number of benzene rings is 2. The molecule has 30 heavy (non-hydrogen) atoms. The van der Waals surface area contributed by atoms with Crippen LogP contribution in [0.3, 0.4) is 0 Å². The number of methoxy groups -OCH3 is 1. The number of rotatable bonds is 6. The lowest BCUT2D eigenvalue weighted by Crippen LogP contribution is -2.08. The van der Waals surface area contributed by atoms with Crippen LogP contribution in [0.2, 0.25) is 0 Å². The predicted molar refractivity (Wildman–Crippen MR) is 117 cm³/mol. The van der Waals surface area contributed by atoms with Crippen LogP contribution >= 0.6 is 0 Å². The normalized spacial score (nSPS) is 11.7. The van der Waals surface area contributed by atoms with E-state index in [0.29, 0.717) is 17.3 Å². The van der Waals surface area contributed by atoms with Crippen molar-refractivity contribution in [2.75, 3.05) is 12.4 Å². The standard InChI is InChI=1S/C24H22N4O2/c1-16(17-5-7-18(8-6-17)20-4-3-11-25-13-20)27-24-15-26-14-21(28-24)19-9-10-22(29)23(12-19)30-2/h3-16,29H,1-2H3,(H,27,28). The molecule has 6 heteroatoms. The van der Waals surface area contributed by atoms with E-state index in [2.05, 4.69) is 51.5 Å². The quantitative estimate of drug-likeness (QED) is 0.471. The minimum absolute atomic E-state index is 0.0480. The summed E-state index contributed by atoms with van der Waals surface area (Å²) in [7, 11) is 1.52. The van der Waals surface area contributed by atoms with E-state index >= 15 is 0 Å². The Morgan fingerprint density at radius 2 is 1.70 bits per heavy atom. The molecule has 0 aliphatic rings. The predicted octanol–water partition coefficient (Wildman–Crippen LogP) is 5.09. The van der Waals surface area contributed by atoms with Crippen LogP contribution in [0.1, 0.15) is 18.5 Å². The number of aromatic hydroxyl groups is 1. The van der Waals surface area contributed by atoms with Crippen molar-refractivity contribution >= 4 is 5.82 Å². The second-order valence-corrected chi connectivity index (χ2v) is 6.91. The molecule has 4 aromatic rings. The number of pyridine rings is 1. The van der Waals surface area contributed by atoms with Gasteiger partial charge in [-0.3, -0.25) is 9.97 Å². The number of ether oxygens (including phenoxy) is 1. The molecular weight excluding hydrogens is 376 g/mol. The van der Waals surface area contributed by atoms with Gasteiger partial charge in [0.25, 0.3) is 0 Å². The molecule has 2 heterocycles. The number of aromatic nitrogens is 3. The Labute approximate surface area is 175 Å². The van der Waals surface area contributed by atoms with Gasteiger partial charge in [-0.25, -0.2) is 4.98 Å². The molecule has 0 saturated carbocycles. The first kappa shape index (κ1) is 19.4. The van der Waals surface area contributed by atoms with Gasteiger partial charge in [-0.15, -0.1) is 0 Å². The van der Waals surface area contributed by atoms with Gasteiger partial charge >= 0.3 is 0 Å². The summed E-state index contributed by atoms with van der Waals surface area (Å²) in [5, 5.41) is 13.2. The van der Waals surface area contributed by atoms with Gasteiger partial charge in [0.2, 0.25) is 0 Å². The number of phenols is 1. The number of hydrogen-bond acceptors (Lipinski definition) is 6. The fourth-order valence-corrected chi connectivity index (χ4v) is 3.21. The lowest BCUT2D eigenvalue weighted by Gasteiger charge is -2.16. The van der Waals surface area contributed by atoms with E-state index in [1.54, 1.807) is 36.8 Å². The zero-order valence-electron chi connectivity index (χ0n) is 16.8. The largest absolute Gasteiger partial charge is 0.504 e. The van der Waals surface area contributed by atoms with Crippen LogP contribution < -0.4 is 10.1 Å². The van der Waals surface area contributed by atoms with Crippen molar-refractivity contribution < 1.29 is 9.84 Å². The van der Waals surface area contributed by atoms with Crippen LogP contribution in [0.15, 0.2) is 79.4 Å². The average molecular weight is 398 g/mol. The van der Waals surface area contributed by atoms with E-state index < -0.39 is 0 Å². The maximum atomic E-state index is 9.80. The third kappa shape index (κ3) is 4.22. The molecule has 0 bridgehead atoms. The van der Waals surface area contributed by atoms with Crippen LogP contribution in [0.5, 0.6) is 11.5 Å². The van der Waals surface area contributed by atoms with Crippen LogP contribution in [0.4, 0.5) is 5.82 Å². The minimum Gasteiger partial charge on any atom is -0.504 e. The molecule has 0 radical (unpaired) electrons. The van der Waals surface area contributed by atoms with Crippen molar-refractivity contribution in [3.05, 3.63) is 84.9 Å². The van der Waals surface area contributed by atoms with E-state index in [4.69, 9.17) is 4.74 Å². The fourth-order valence-electron chi connectivity index (χ4n) is 3.21. The maximum absolute atomic E-state index is 9.80. The second-order valence-electron chi connectivity index (χ2n) is 6.91. The minimum atomic E-state index is 0.0480. The van der Waals surface area contributed by atoms with Crippen molar-refractivity contribution in [3.63, 3.8) is 0 Å². The molecule has 4 rings (SSSR count). The molecule has 150 valence electrons. The molecule has 2 aromatic carbocycles. The summed E-state index contributed by atoms with van der Waals surface area (Å²) in [4.78, 5) is 13.1. The molecule has 0 amide bonds. The molecule has 0 aliphatic carbocycles. The Morgan fingerprint density at radius 1 is 0.900 bits per heavy atom. The average Bonchev–Trinajstić information content (AvgIpc) is 2.80. The first-order valence-electron chi connectivity index (χ1n) is 9.60. The van der Waals surface area contributed by atoms with E-state index in [9.17, 15) is 5.11 Å². The number of phenolic OH excluding ortho intramolecular Hbond substituents is 1. The van der Waals surface area contributed by atoms with Crippen molar-refractivity contribution in [3.8, 4) is 33.9 Å². The summed E-state index contributed by atoms with van der Waals surface area (Å²) in [6, 6.07) is 17.5. The molecule has 0 fully saturated rings. The Morgan fingerprint density at radius 3 is 2.43 bits per heavy atom. The van der Waals surface area contributed by atoms with Crippen LogP contribution in [0.25, 0.3) is 22.4 Å². The lowest BCUT2D eigenvalue weighted by molar-refractivity contribution is 0.373. The van der Waals surface area contributed by atoms with Gasteiger partial charge in [-0.1, -0.05) is 30.3 Å². The summed E-state index contributed by atoms with van der Waals surface area (Å²) < 4.78 is 5.18. The highest BCUT2D eigenvalue weighted by Crippen LogP contribution is 2.31. The monoisotopic (exact) mass is 398 g/mol. The van der Waals surface area contributed by atoms with Crippen molar-refractivity contribution in [2.24, 2.45) is 0 Å². The molecule has 2 aromatic heterocycles. The lowest BCUT2D eigenvalue weighted by atomic mass is 10.0. The van der Waals surface area contributed by atoms with E-state index in [1.165, 1.54) is 7.11 Å². The Hall–Kier alpha value is -3.93. The van der Waals surface area contributed by atoms with Gasteiger partial charge in [0.1, 0.15) is 5.82 Å². The van der Waals surface area contributed by atoms with Gasteiger partial charge < -0.3 is 15.2 Å². The van der Waals surface area contributed by atoms with Gasteiger partial charge in [0.15, 0.2) is 11.5 Å². The van der Waals surface area contributed by atoms with Gasteiger partial charge in [-0.2, -0.15) is 0 Å². The number of nitrogens with one attached hydrogen (secondary N) is 1. The summed E-state index contributed by atoms with van der Waals surface area (Å²) in [6.07, 6.45) is 7.01. The molecule has 1 unspecified atom stereocenters. The highest BCUT2D eigenvalue weighted by molar-refractivity contribution is 5.65. The Kier molecular flexibility index (Phi) is 5.57. The number of anilines is 1. The summed E-state index contributed by atoms with van der Waals surface area (Å²) in [5.74, 6) is 1.16. The molecule has 2 N–H and O–H groups in total. The van der Waals surface area contributed by atoms with E-state index in [1.807, 2.05) is 18.3 Å². The number of hydrogen-bond donors (Lipinski definition) is 2. The first-order chi connectivity index (χ1) is 14.6. The van der Waals surface area contributed by atoms with Crippen molar-refractivity contribution in [2.45, 2.75) is 13.0 Å². The topological polar surface area (TPSA) is 80.2 Å². The molecule has 1 atom stereocenters. The van der Waals surface area contributed by atoms with E-state index in [0.717, 1.165) is 22.3 Å². The highest BCUT2D eigenvalue weighted by atomic mass is 16.5. The van der Waals surface area contributed by atoms with Gasteiger partial charge in [0.05, 0.1) is 25.2 Å². The smallest absolute Gasteiger partial charge is 0.161 e. The SMILES string of the molecule is COc1cc(-c2cncc(NC(C)c3ccc(-c4cccnc4)cc3)n2)ccc1O. The zero-order valence-corrected chi connectivity index (χ0v) is 16.8. The maximum Gasteiger partial charge on any atom is 0.161 e. The summed E-state index contributed by atoms with van der Waals surface area (Å²) >= 11 is 0. The van der Waals surface area contributed by atoms with Crippen molar-refractivity contribution in [1.29, 1.82) is 0 Å². The summed E-state index contributed by atoms with van der Waals surface area (Å²) in [5.41, 5.74) is 4.86. The van der Waals surface area contributed by atoms with Gasteiger partial charge in [-0.05, 0) is 47.9 Å². The molecule has 0 spiro atoms. The number of nitrogens with zero attached hydrogens (tertiary/aromatic N) is 3. The molecule has 0 aliphatic heterocycles. The molecule has 0 saturated heterocycles. The Bertz CT molecular complexity index is 1130. The molecular formula is C24H22N4O2. The van der Waals surface area contributed by atoms with Crippen LogP contribution in [-0.2, 0) is 0 Å². The third-order valence-corrected chi connectivity index (χ3v) is 4.88. The van der Waals surface area contributed by atoms with Crippen LogP contribution in [-0.4, -0.2) is 27.2 Å². The second kappa shape index (κ2) is 8.61. The highest BCUT2D eigenvalue weighted by Gasteiger charge is 2.10. The van der Waals surface area contributed by atoms with Gasteiger partial charge in [0, 0.05) is 24.0 Å².